The van der Waals surface area contributed by atoms with Crippen molar-refractivity contribution in [1.82, 2.24) is 9.55 Å². The molecule has 1 N–H and O–H groups in total. The van der Waals surface area contributed by atoms with Gasteiger partial charge in [0, 0.05) is 5.02 Å². The molecule has 116 valence electrons. The van der Waals surface area contributed by atoms with Crippen molar-refractivity contribution in [1.29, 1.82) is 0 Å². The first kappa shape index (κ1) is 14.3. The molecule has 4 rings (SSSR count). The summed E-state index contributed by atoms with van der Waals surface area (Å²) >= 11 is 11.3. The highest BCUT2D eigenvalue weighted by Gasteiger charge is 2.14. The van der Waals surface area contributed by atoms with Crippen LogP contribution in [0.25, 0.3) is 10.9 Å². The maximum Gasteiger partial charge on any atom is 0.262 e. The van der Waals surface area contributed by atoms with E-state index in [1.54, 1.807) is 18.2 Å². The summed E-state index contributed by atoms with van der Waals surface area (Å²) in [7, 11) is 0. The Balaban J connectivity index is 1.83. The molecule has 1 aromatic heterocycles. The molecule has 0 radical (unpaired) electrons. The number of aromatic nitrogens is 2. The van der Waals surface area contributed by atoms with E-state index in [0.29, 0.717) is 38.7 Å². The van der Waals surface area contributed by atoms with Gasteiger partial charge in [-0.05, 0) is 48.1 Å². The number of fused-ring (bicyclic) bond motifs is 2. The first-order chi connectivity index (χ1) is 11.1. The third-order valence-electron chi connectivity index (χ3n) is 3.72. The summed E-state index contributed by atoms with van der Waals surface area (Å²) in [6.07, 6.45) is 0. The molecule has 0 saturated heterocycles. The van der Waals surface area contributed by atoms with Crippen molar-refractivity contribution >= 4 is 34.7 Å². The summed E-state index contributed by atoms with van der Waals surface area (Å²) in [5.74, 6) is 1.38. The predicted octanol–water partition coefficient (Wildman–Crippen LogP) is 3.49. The van der Waals surface area contributed by atoms with E-state index >= 15 is 0 Å². The molecule has 0 amide bonds. The van der Waals surface area contributed by atoms with Crippen LogP contribution < -0.4 is 15.0 Å². The van der Waals surface area contributed by atoms with Gasteiger partial charge in [0.1, 0.15) is 0 Å². The zero-order valence-corrected chi connectivity index (χ0v) is 13.4. The second-order valence-corrected chi connectivity index (χ2v) is 6.02. The maximum absolute atomic E-state index is 12.7. The lowest BCUT2D eigenvalue weighted by Gasteiger charge is -2.09. The SMILES string of the molecule is O=c1c2cc(Cl)ccc2[nH]c(=S)n1Cc1ccc2c(c1)OCO2. The van der Waals surface area contributed by atoms with Gasteiger partial charge in [0.25, 0.3) is 5.56 Å². The third-order valence-corrected chi connectivity index (χ3v) is 4.28. The number of hydrogen-bond acceptors (Lipinski definition) is 4. The van der Waals surface area contributed by atoms with Crippen molar-refractivity contribution < 1.29 is 9.47 Å². The smallest absolute Gasteiger partial charge is 0.262 e. The molecule has 23 heavy (non-hydrogen) atoms. The number of nitrogens with zero attached hydrogens (tertiary/aromatic N) is 1. The van der Waals surface area contributed by atoms with Crippen LogP contribution in [0, 0.1) is 4.77 Å². The molecule has 7 heteroatoms. The normalized spacial score (nSPS) is 12.7. The Hall–Kier alpha value is -2.31. The fourth-order valence-corrected chi connectivity index (χ4v) is 3.02. The number of rotatable bonds is 2. The first-order valence-electron chi connectivity index (χ1n) is 6.93. The van der Waals surface area contributed by atoms with Crippen LogP contribution >= 0.6 is 23.8 Å². The molecule has 0 spiro atoms. The molecule has 0 unspecified atom stereocenters. The molecule has 1 aliphatic heterocycles. The highest BCUT2D eigenvalue weighted by atomic mass is 35.5. The van der Waals surface area contributed by atoms with Gasteiger partial charge >= 0.3 is 0 Å². The molecule has 5 nitrogen and oxygen atoms in total. The number of nitrogens with one attached hydrogen (secondary N) is 1. The lowest BCUT2D eigenvalue weighted by Crippen LogP contribution is -2.22. The Kier molecular flexibility index (Phi) is 3.36. The molecule has 0 bridgehead atoms. The van der Waals surface area contributed by atoms with Crippen LogP contribution in [0.15, 0.2) is 41.2 Å². The van der Waals surface area contributed by atoms with Crippen LogP contribution in [0.4, 0.5) is 0 Å². The van der Waals surface area contributed by atoms with Crippen molar-refractivity contribution in [3.05, 3.63) is 62.1 Å². The van der Waals surface area contributed by atoms with Crippen LogP contribution in [-0.2, 0) is 6.54 Å². The fraction of sp³-hybridized carbons (Fsp3) is 0.125. The Morgan fingerprint density at radius 1 is 1.17 bits per heavy atom. The first-order valence-corrected chi connectivity index (χ1v) is 7.71. The molecule has 0 saturated carbocycles. The summed E-state index contributed by atoms with van der Waals surface area (Å²) in [6, 6.07) is 10.7. The Morgan fingerprint density at radius 3 is 2.87 bits per heavy atom. The summed E-state index contributed by atoms with van der Waals surface area (Å²) in [6.45, 7) is 0.556. The Labute approximate surface area is 141 Å². The van der Waals surface area contributed by atoms with Crippen molar-refractivity contribution in [2.75, 3.05) is 6.79 Å². The van der Waals surface area contributed by atoms with Gasteiger partial charge < -0.3 is 14.5 Å². The fourth-order valence-electron chi connectivity index (χ4n) is 2.59. The minimum atomic E-state index is -0.177. The van der Waals surface area contributed by atoms with Crippen molar-refractivity contribution in [2.45, 2.75) is 6.54 Å². The summed E-state index contributed by atoms with van der Waals surface area (Å²) < 4.78 is 12.5. The number of benzene rings is 2. The number of ether oxygens (including phenoxy) is 2. The molecule has 0 aliphatic carbocycles. The lowest BCUT2D eigenvalue weighted by atomic mass is 10.2. The summed E-state index contributed by atoms with van der Waals surface area (Å²) in [4.78, 5) is 15.8. The molecule has 0 atom stereocenters. The second-order valence-electron chi connectivity index (χ2n) is 5.20. The number of aromatic amines is 1. The second kappa shape index (κ2) is 5.40. The van der Waals surface area contributed by atoms with E-state index in [4.69, 9.17) is 33.3 Å². The minimum Gasteiger partial charge on any atom is -0.454 e. The predicted molar refractivity (Wildman–Crippen MR) is 90.1 cm³/mol. The van der Waals surface area contributed by atoms with Gasteiger partial charge in [-0.15, -0.1) is 0 Å². The molecule has 0 fully saturated rings. The van der Waals surface area contributed by atoms with Crippen LogP contribution in [0.1, 0.15) is 5.56 Å². The van der Waals surface area contributed by atoms with Gasteiger partial charge in [0.15, 0.2) is 16.3 Å². The molecular weight excluding hydrogens is 336 g/mol. The standard InChI is InChI=1S/C16H11ClN2O3S/c17-10-2-3-12-11(6-10)15(20)19(16(23)18-12)7-9-1-4-13-14(5-9)22-8-21-13/h1-6H,7-8H2,(H,18,23). The van der Waals surface area contributed by atoms with Gasteiger partial charge in [-0.25, -0.2) is 0 Å². The van der Waals surface area contributed by atoms with E-state index in [2.05, 4.69) is 4.98 Å². The molecule has 3 aromatic rings. The van der Waals surface area contributed by atoms with Crippen LogP contribution in [-0.4, -0.2) is 16.3 Å². The van der Waals surface area contributed by atoms with Gasteiger partial charge in [-0.2, -0.15) is 0 Å². The van der Waals surface area contributed by atoms with E-state index < -0.39 is 0 Å². The summed E-state index contributed by atoms with van der Waals surface area (Å²) in [5.41, 5.74) is 1.40. The van der Waals surface area contributed by atoms with Crippen LogP contribution in [0.5, 0.6) is 11.5 Å². The number of hydrogen-bond donors (Lipinski definition) is 1. The van der Waals surface area contributed by atoms with Crippen LogP contribution in [0.3, 0.4) is 0 Å². The Bertz CT molecular complexity index is 1040. The molecule has 1 aliphatic rings. The molecular formula is C16H11ClN2O3S. The topological polar surface area (TPSA) is 56.2 Å². The zero-order valence-electron chi connectivity index (χ0n) is 11.8. The van der Waals surface area contributed by atoms with Crippen molar-refractivity contribution in [3.63, 3.8) is 0 Å². The molecule has 2 aromatic carbocycles. The van der Waals surface area contributed by atoms with E-state index in [0.717, 1.165) is 5.56 Å². The monoisotopic (exact) mass is 346 g/mol. The minimum absolute atomic E-state index is 0.177. The third kappa shape index (κ3) is 2.50. The average Bonchev–Trinajstić information content (AvgIpc) is 3.00. The molecule has 2 heterocycles. The van der Waals surface area contributed by atoms with Crippen LogP contribution in [0.2, 0.25) is 5.02 Å². The largest absolute Gasteiger partial charge is 0.454 e. The quantitative estimate of drug-likeness (QED) is 0.722. The lowest BCUT2D eigenvalue weighted by molar-refractivity contribution is 0.174. The van der Waals surface area contributed by atoms with E-state index in [9.17, 15) is 4.79 Å². The maximum atomic E-state index is 12.7. The highest BCUT2D eigenvalue weighted by Crippen LogP contribution is 2.32. The number of halogens is 1. The summed E-state index contributed by atoms with van der Waals surface area (Å²) in [5, 5.41) is 1.02. The van der Waals surface area contributed by atoms with Crippen molar-refractivity contribution in [2.24, 2.45) is 0 Å². The van der Waals surface area contributed by atoms with Gasteiger partial charge in [0.2, 0.25) is 6.79 Å². The highest BCUT2D eigenvalue weighted by molar-refractivity contribution is 7.71. The van der Waals surface area contributed by atoms with E-state index in [-0.39, 0.29) is 12.4 Å². The van der Waals surface area contributed by atoms with Gasteiger partial charge in [-0.3, -0.25) is 9.36 Å². The zero-order chi connectivity index (χ0) is 16.0. The number of H-pyrrole nitrogens is 1. The average molecular weight is 347 g/mol. The van der Waals surface area contributed by atoms with Crippen molar-refractivity contribution in [3.8, 4) is 11.5 Å². The van der Waals surface area contributed by atoms with E-state index in [1.165, 1.54) is 4.57 Å². The van der Waals surface area contributed by atoms with Gasteiger partial charge in [0.05, 0.1) is 17.4 Å². The Morgan fingerprint density at radius 2 is 2.00 bits per heavy atom. The van der Waals surface area contributed by atoms with E-state index in [1.807, 2.05) is 18.2 Å². The van der Waals surface area contributed by atoms with Gasteiger partial charge in [-0.1, -0.05) is 17.7 Å².